The van der Waals surface area contributed by atoms with Gasteiger partial charge >= 0.3 is 0 Å². The summed E-state index contributed by atoms with van der Waals surface area (Å²) >= 11 is 0. The maximum atomic E-state index is 10.8. The minimum atomic E-state index is -0.479. The van der Waals surface area contributed by atoms with Crippen LogP contribution in [0.3, 0.4) is 0 Å². The van der Waals surface area contributed by atoms with E-state index in [9.17, 15) is 15.2 Å². The van der Waals surface area contributed by atoms with Crippen LogP contribution in [0.2, 0.25) is 0 Å². The standard InChI is InChI=1S/C12H19N3O3/c1-8(2)4-10(16)7-14-12-5-11(15(17)18)9(3)6-13-12/h5-6,8,10,16H,4,7H2,1-3H3,(H,13,14). The van der Waals surface area contributed by atoms with Gasteiger partial charge in [0.25, 0.3) is 5.69 Å². The molecule has 0 aliphatic rings. The largest absolute Gasteiger partial charge is 0.391 e. The van der Waals surface area contributed by atoms with Crippen LogP contribution in [-0.2, 0) is 0 Å². The first-order valence-corrected chi connectivity index (χ1v) is 5.93. The molecule has 0 spiro atoms. The maximum absolute atomic E-state index is 10.8. The van der Waals surface area contributed by atoms with Gasteiger partial charge in [-0.25, -0.2) is 4.98 Å². The van der Waals surface area contributed by atoms with Crippen LogP contribution < -0.4 is 5.32 Å². The summed E-state index contributed by atoms with van der Waals surface area (Å²) in [4.78, 5) is 14.4. The van der Waals surface area contributed by atoms with Gasteiger partial charge in [0.15, 0.2) is 0 Å². The van der Waals surface area contributed by atoms with Crippen LogP contribution in [0.1, 0.15) is 25.8 Å². The molecule has 0 radical (unpaired) electrons. The Morgan fingerprint density at radius 3 is 2.78 bits per heavy atom. The monoisotopic (exact) mass is 253 g/mol. The van der Waals surface area contributed by atoms with Gasteiger partial charge < -0.3 is 10.4 Å². The van der Waals surface area contributed by atoms with Gasteiger partial charge in [0.1, 0.15) is 5.82 Å². The van der Waals surface area contributed by atoms with Crippen molar-refractivity contribution in [2.24, 2.45) is 5.92 Å². The van der Waals surface area contributed by atoms with Crippen molar-refractivity contribution >= 4 is 11.5 Å². The second kappa shape index (κ2) is 6.30. The Morgan fingerprint density at radius 1 is 1.56 bits per heavy atom. The number of anilines is 1. The molecule has 1 unspecified atom stereocenters. The number of nitrogens with one attached hydrogen (secondary N) is 1. The second-order valence-electron chi connectivity index (χ2n) is 4.78. The zero-order valence-corrected chi connectivity index (χ0v) is 10.9. The van der Waals surface area contributed by atoms with Gasteiger partial charge in [0.05, 0.1) is 17.1 Å². The molecule has 0 aromatic carbocycles. The van der Waals surface area contributed by atoms with Crippen LogP contribution in [-0.4, -0.2) is 27.7 Å². The summed E-state index contributed by atoms with van der Waals surface area (Å²) in [6.45, 7) is 6.03. The van der Waals surface area contributed by atoms with Gasteiger partial charge in [-0.2, -0.15) is 0 Å². The molecule has 6 nitrogen and oxygen atoms in total. The van der Waals surface area contributed by atoms with Crippen LogP contribution >= 0.6 is 0 Å². The van der Waals surface area contributed by atoms with Crippen molar-refractivity contribution in [1.29, 1.82) is 0 Å². The van der Waals surface area contributed by atoms with Crippen molar-refractivity contribution < 1.29 is 10.0 Å². The molecular formula is C12H19N3O3. The molecule has 2 N–H and O–H groups in total. The third kappa shape index (κ3) is 4.29. The van der Waals surface area contributed by atoms with Gasteiger partial charge in [-0.15, -0.1) is 0 Å². The Hall–Kier alpha value is -1.69. The Bertz CT molecular complexity index is 421. The summed E-state index contributed by atoms with van der Waals surface area (Å²) < 4.78 is 0. The van der Waals surface area contributed by atoms with Gasteiger partial charge in [0, 0.05) is 18.3 Å². The number of aromatic nitrogens is 1. The van der Waals surface area contributed by atoms with Crippen LogP contribution in [0.5, 0.6) is 0 Å². The molecule has 6 heteroatoms. The van der Waals surface area contributed by atoms with E-state index >= 15 is 0 Å². The number of pyridine rings is 1. The number of hydrogen-bond acceptors (Lipinski definition) is 5. The van der Waals surface area contributed by atoms with E-state index in [1.165, 1.54) is 12.3 Å². The molecule has 1 rings (SSSR count). The number of aliphatic hydroxyl groups excluding tert-OH is 1. The van der Waals surface area contributed by atoms with Crippen LogP contribution in [0, 0.1) is 23.0 Å². The third-order valence-electron chi connectivity index (χ3n) is 2.53. The van der Waals surface area contributed by atoms with E-state index in [0.717, 1.165) is 0 Å². The average Bonchev–Trinajstić information content (AvgIpc) is 2.26. The molecule has 1 atom stereocenters. The summed E-state index contributed by atoms with van der Waals surface area (Å²) in [7, 11) is 0. The summed E-state index contributed by atoms with van der Waals surface area (Å²) in [5, 5.41) is 23.4. The third-order valence-corrected chi connectivity index (χ3v) is 2.53. The van der Waals surface area contributed by atoms with Crippen LogP contribution in [0.15, 0.2) is 12.3 Å². The molecule has 0 bridgehead atoms. The molecule has 0 amide bonds. The molecule has 1 aromatic heterocycles. The van der Waals surface area contributed by atoms with Crippen molar-refractivity contribution in [3.8, 4) is 0 Å². The highest BCUT2D eigenvalue weighted by atomic mass is 16.6. The molecule has 0 fully saturated rings. The normalized spacial score (nSPS) is 12.5. The number of rotatable bonds is 6. The molecule has 100 valence electrons. The number of hydrogen-bond donors (Lipinski definition) is 2. The van der Waals surface area contributed by atoms with E-state index in [-0.39, 0.29) is 5.69 Å². The molecular weight excluding hydrogens is 234 g/mol. The van der Waals surface area contributed by atoms with E-state index in [1.54, 1.807) is 6.92 Å². The lowest BCUT2D eigenvalue weighted by molar-refractivity contribution is -0.385. The van der Waals surface area contributed by atoms with Crippen molar-refractivity contribution in [2.45, 2.75) is 33.3 Å². The topological polar surface area (TPSA) is 88.3 Å². The van der Waals surface area contributed by atoms with Gasteiger partial charge in [-0.05, 0) is 19.3 Å². The summed E-state index contributed by atoms with van der Waals surface area (Å²) in [5.41, 5.74) is 0.555. The lowest BCUT2D eigenvalue weighted by Gasteiger charge is -2.14. The SMILES string of the molecule is Cc1cnc(NCC(O)CC(C)C)cc1[N+](=O)[O-]. The van der Waals surface area contributed by atoms with Crippen LogP contribution in [0.25, 0.3) is 0 Å². The minimum absolute atomic E-state index is 0.0332. The number of nitrogens with zero attached hydrogens (tertiary/aromatic N) is 2. The Balaban J connectivity index is 2.63. The fraction of sp³-hybridized carbons (Fsp3) is 0.583. The molecule has 1 heterocycles. The number of aliphatic hydroxyl groups is 1. The summed E-state index contributed by atoms with van der Waals surface area (Å²) in [6, 6.07) is 1.39. The first kappa shape index (κ1) is 14.4. The van der Waals surface area contributed by atoms with Crippen molar-refractivity contribution in [3.63, 3.8) is 0 Å². The lowest BCUT2D eigenvalue weighted by atomic mass is 10.1. The second-order valence-corrected chi connectivity index (χ2v) is 4.78. The number of nitro groups is 1. The van der Waals surface area contributed by atoms with E-state index in [0.29, 0.717) is 30.3 Å². The smallest absolute Gasteiger partial charge is 0.277 e. The zero-order chi connectivity index (χ0) is 13.7. The highest BCUT2D eigenvalue weighted by Gasteiger charge is 2.13. The van der Waals surface area contributed by atoms with Crippen LogP contribution in [0.4, 0.5) is 11.5 Å². The Kier molecular flexibility index (Phi) is 5.03. The predicted octanol–water partition coefficient (Wildman–Crippen LogP) is 2.12. The average molecular weight is 253 g/mol. The van der Waals surface area contributed by atoms with E-state index < -0.39 is 11.0 Å². The highest BCUT2D eigenvalue weighted by molar-refractivity contribution is 5.48. The van der Waals surface area contributed by atoms with E-state index in [2.05, 4.69) is 10.3 Å². The fourth-order valence-electron chi connectivity index (χ4n) is 1.66. The van der Waals surface area contributed by atoms with Crippen molar-refractivity contribution in [1.82, 2.24) is 4.98 Å². The number of aryl methyl sites for hydroxylation is 1. The highest BCUT2D eigenvalue weighted by Crippen LogP contribution is 2.19. The van der Waals surface area contributed by atoms with Gasteiger partial charge in [-0.3, -0.25) is 10.1 Å². The molecule has 0 aliphatic carbocycles. The molecule has 1 aromatic rings. The Morgan fingerprint density at radius 2 is 2.22 bits per heavy atom. The van der Waals surface area contributed by atoms with E-state index in [4.69, 9.17) is 0 Å². The predicted molar refractivity (Wildman–Crippen MR) is 69.6 cm³/mol. The molecule has 0 saturated heterocycles. The van der Waals surface area contributed by atoms with Gasteiger partial charge in [0.2, 0.25) is 0 Å². The molecule has 0 aliphatic heterocycles. The zero-order valence-electron chi connectivity index (χ0n) is 10.9. The minimum Gasteiger partial charge on any atom is -0.391 e. The fourth-order valence-corrected chi connectivity index (χ4v) is 1.66. The quantitative estimate of drug-likeness (QED) is 0.598. The van der Waals surface area contributed by atoms with Gasteiger partial charge in [-0.1, -0.05) is 13.8 Å². The summed E-state index contributed by atoms with van der Waals surface area (Å²) in [5.74, 6) is 0.817. The Labute approximate surface area is 106 Å². The molecule has 18 heavy (non-hydrogen) atoms. The summed E-state index contributed by atoms with van der Waals surface area (Å²) in [6.07, 6.45) is 1.66. The first-order chi connectivity index (χ1) is 8.40. The van der Waals surface area contributed by atoms with E-state index in [1.807, 2.05) is 13.8 Å². The van der Waals surface area contributed by atoms with Crippen molar-refractivity contribution in [3.05, 3.63) is 27.9 Å². The first-order valence-electron chi connectivity index (χ1n) is 5.93. The lowest BCUT2D eigenvalue weighted by Crippen LogP contribution is -2.21. The van der Waals surface area contributed by atoms with Crippen molar-refractivity contribution in [2.75, 3.05) is 11.9 Å². The maximum Gasteiger partial charge on any atom is 0.277 e. The molecule has 0 saturated carbocycles.